The monoisotopic (exact) mass is 415 g/mol. The number of hydrogen-bond donors (Lipinski definition) is 1. The zero-order chi connectivity index (χ0) is 17.4. The summed E-state index contributed by atoms with van der Waals surface area (Å²) in [5, 5.41) is 7.88. The van der Waals surface area contributed by atoms with E-state index in [9.17, 15) is 9.18 Å². The van der Waals surface area contributed by atoms with Crippen molar-refractivity contribution in [2.45, 2.75) is 18.9 Å². The topological polar surface area (TPSA) is 53.4 Å². The number of benzene rings is 1. The van der Waals surface area contributed by atoms with Crippen molar-refractivity contribution < 1.29 is 9.18 Å². The summed E-state index contributed by atoms with van der Waals surface area (Å²) in [6.45, 7) is 3.14. The lowest BCUT2D eigenvalue weighted by molar-refractivity contribution is 0.0980. The Morgan fingerprint density at radius 2 is 2.04 bits per heavy atom. The van der Waals surface area contributed by atoms with E-state index in [1.54, 1.807) is 17.0 Å². The van der Waals surface area contributed by atoms with Crippen LogP contribution < -0.4 is 15.1 Å². The molecule has 3 heterocycles. The molecule has 9 heteroatoms. The molecule has 1 unspecified atom stereocenters. The first-order valence-corrected chi connectivity index (χ1v) is 8.72. The van der Waals surface area contributed by atoms with E-state index in [1.807, 2.05) is 22.8 Å². The van der Waals surface area contributed by atoms with Gasteiger partial charge in [-0.15, -0.1) is 24.8 Å². The fraction of sp³-hybridized carbons (Fsp3) is 0.444. The Balaban J connectivity index is 0.00000131. The molecule has 1 atom stereocenters. The van der Waals surface area contributed by atoms with E-state index in [2.05, 4.69) is 10.4 Å². The molecule has 1 N–H and O–H groups in total. The van der Waals surface area contributed by atoms with E-state index in [4.69, 9.17) is 0 Å². The second kappa shape index (κ2) is 8.91. The van der Waals surface area contributed by atoms with Gasteiger partial charge in [0.25, 0.3) is 5.91 Å². The number of rotatable bonds is 2. The highest BCUT2D eigenvalue weighted by Crippen LogP contribution is 2.33. The van der Waals surface area contributed by atoms with Crippen molar-refractivity contribution in [3.8, 4) is 0 Å². The molecule has 0 radical (unpaired) electrons. The molecule has 1 aromatic heterocycles. The van der Waals surface area contributed by atoms with Crippen LogP contribution in [0, 0.1) is 5.82 Å². The van der Waals surface area contributed by atoms with E-state index in [-0.39, 0.29) is 36.5 Å². The normalized spacial score (nSPS) is 19.0. The van der Waals surface area contributed by atoms with Gasteiger partial charge < -0.3 is 15.1 Å². The molecule has 2 aliphatic rings. The van der Waals surface area contributed by atoms with E-state index in [0.29, 0.717) is 24.8 Å². The third kappa shape index (κ3) is 4.20. The number of likely N-dealkylation sites (N-methyl/N-ethyl adjacent to an activating group) is 1. The van der Waals surface area contributed by atoms with Gasteiger partial charge >= 0.3 is 0 Å². The highest BCUT2D eigenvalue weighted by Gasteiger charge is 2.28. The minimum Gasteiger partial charge on any atom is -0.371 e. The van der Waals surface area contributed by atoms with Gasteiger partial charge in [-0.05, 0) is 43.7 Å². The van der Waals surface area contributed by atoms with Crippen molar-refractivity contribution in [1.82, 2.24) is 15.1 Å². The molecule has 0 spiro atoms. The molecule has 0 saturated carbocycles. The number of nitrogens with zero attached hydrogens (tertiary/aromatic N) is 4. The molecule has 2 aliphatic heterocycles. The quantitative estimate of drug-likeness (QED) is 0.818. The fourth-order valence-electron chi connectivity index (χ4n) is 3.59. The van der Waals surface area contributed by atoms with Crippen molar-refractivity contribution in [2.24, 2.45) is 0 Å². The number of halogens is 3. The minimum absolute atomic E-state index is 0. The Morgan fingerprint density at radius 3 is 2.78 bits per heavy atom. The fourth-order valence-corrected chi connectivity index (χ4v) is 3.59. The van der Waals surface area contributed by atoms with E-state index in [1.165, 1.54) is 12.1 Å². The van der Waals surface area contributed by atoms with Gasteiger partial charge in [0, 0.05) is 32.9 Å². The second-order valence-electron chi connectivity index (χ2n) is 6.69. The van der Waals surface area contributed by atoms with Crippen LogP contribution in [0.1, 0.15) is 29.4 Å². The Labute approximate surface area is 170 Å². The van der Waals surface area contributed by atoms with Gasteiger partial charge in [0.1, 0.15) is 5.82 Å². The van der Waals surface area contributed by atoms with Gasteiger partial charge in [-0.2, -0.15) is 5.10 Å². The van der Waals surface area contributed by atoms with Crippen LogP contribution in [0.4, 0.5) is 15.8 Å². The maximum absolute atomic E-state index is 13.6. The van der Waals surface area contributed by atoms with Crippen LogP contribution in [0.3, 0.4) is 0 Å². The molecule has 0 bridgehead atoms. The van der Waals surface area contributed by atoms with Crippen LogP contribution in [0.2, 0.25) is 0 Å². The molecule has 1 amide bonds. The summed E-state index contributed by atoms with van der Waals surface area (Å²) in [4.78, 5) is 16.6. The summed E-state index contributed by atoms with van der Waals surface area (Å²) in [6.07, 6.45) is 4.07. The number of fused-ring (bicyclic) bond motifs is 1. The van der Waals surface area contributed by atoms with Gasteiger partial charge in [0.05, 0.1) is 17.4 Å². The van der Waals surface area contributed by atoms with Gasteiger partial charge in [0.15, 0.2) is 5.69 Å². The zero-order valence-corrected chi connectivity index (χ0v) is 16.7. The molecule has 27 heavy (non-hydrogen) atoms. The summed E-state index contributed by atoms with van der Waals surface area (Å²) in [6, 6.07) is 6.61. The van der Waals surface area contributed by atoms with Crippen molar-refractivity contribution >= 4 is 42.1 Å². The Morgan fingerprint density at radius 1 is 1.22 bits per heavy atom. The number of piperidine rings is 1. The summed E-state index contributed by atoms with van der Waals surface area (Å²) < 4.78 is 15.5. The van der Waals surface area contributed by atoms with E-state index >= 15 is 0 Å². The first kappa shape index (κ1) is 21.5. The summed E-state index contributed by atoms with van der Waals surface area (Å²) in [5.74, 6) is -0.433. The molecule has 6 nitrogen and oxygen atoms in total. The summed E-state index contributed by atoms with van der Waals surface area (Å²) >= 11 is 0. The molecule has 1 saturated heterocycles. The molecule has 4 rings (SSSR count). The van der Waals surface area contributed by atoms with Crippen molar-refractivity contribution in [1.29, 1.82) is 0 Å². The average molecular weight is 416 g/mol. The molecular formula is C18H24Cl2FN5O. The predicted molar refractivity (Wildman–Crippen MR) is 109 cm³/mol. The smallest absolute Gasteiger partial charge is 0.278 e. The number of anilines is 2. The first-order chi connectivity index (χ1) is 12.1. The number of carbonyl (C=O) groups is 1. The third-order valence-electron chi connectivity index (χ3n) is 5.02. The third-order valence-corrected chi connectivity index (χ3v) is 5.02. The number of aromatic nitrogens is 2. The highest BCUT2D eigenvalue weighted by molar-refractivity contribution is 6.07. The largest absolute Gasteiger partial charge is 0.371 e. The standard InChI is InChI=1S/C18H22FN5O.2ClH/c1-22-9-10-23(16-5-4-13(19)11-17(16)22)18(25)15-6-8-24(21-15)14-3-2-7-20-12-14;;/h4-6,8,11,14,20H,2-3,7,9-10,12H2,1H3;2*1H. The number of hydrogen-bond acceptors (Lipinski definition) is 4. The lowest BCUT2D eigenvalue weighted by atomic mass is 10.1. The predicted octanol–water partition coefficient (Wildman–Crippen LogP) is 2.89. The number of amides is 1. The maximum Gasteiger partial charge on any atom is 0.278 e. The van der Waals surface area contributed by atoms with Gasteiger partial charge in [-0.25, -0.2) is 4.39 Å². The maximum atomic E-state index is 13.6. The van der Waals surface area contributed by atoms with Gasteiger partial charge in [-0.1, -0.05) is 0 Å². The Hall–Kier alpha value is -1.83. The van der Waals surface area contributed by atoms with E-state index < -0.39 is 0 Å². The van der Waals surface area contributed by atoms with Crippen LogP contribution in [0.5, 0.6) is 0 Å². The lowest BCUT2D eigenvalue weighted by Crippen LogP contribution is -2.43. The zero-order valence-electron chi connectivity index (χ0n) is 15.1. The lowest BCUT2D eigenvalue weighted by Gasteiger charge is -2.35. The molecule has 0 aliphatic carbocycles. The summed E-state index contributed by atoms with van der Waals surface area (Å²) in [5.41, 5.74) is 1.90. The molecular weight excluding hydrogens is 392 g/mol. The minimum atomic E-state index is -0.297. The van der Waals surface area contributed by atoms with Crippen LogP contribution in [-0.2, 0) is 0 Å². The van der Waals surface area contributed by atoms with Crippen molar-refractivity contribution in [3.05, 3.63) is 42.0 Å². The first-order valence-electron chi connectivity index (χ1n) is 8.72. The molecule has 1 aromatic carbocycles. The summed E-state index contributed by atoms with van der Waals surface area (Å²) in [7, 11) is 1.91. The molecule has 1 fully saturated rings. The van der Waals surface area contributed by atoms with Crippen LogP contribution in [0.15, 0.2) is 30.5 Å². The second-order valence-corrected chi connectivity index (χ2v) is 6.69. The average Bonchev–Trinajstić information content (AvgIpc) is 3.13. The van der Waals surface area contributed by atoms with Crippen molar-refractivity contribution in [2.75, 3.05) is 43.0 Å². The molecule has 2 aromatic rings. The van der Waals surface area contributed by atoms with Crippen LogP contribution >= 0.6 is 24.8 Å². The Kier molecular flexibility index (Phi) is 7.08. The van der Waals surface area contributed by atoms with Crippen LogP contribution in [0.25, 0.3) is 0 Å². The SMILES string of the molecule is CN1CCN(C(=O)c2ccn(C3CCCNC3)n2)c2ccc(F)cc21.Cl.Cl. The van der Waals surface area contributed by atoms with E-state index in [0.717, 1.165) is 37.3 Å². The highest BCUT2D eigenvalue weighted by atomic mass is 35.5. The Bertz CT molecular complexity index is 794. The number of nitrogens with one attached hydrogen (secondary N) is 1. The number of carbonyl (C=O) groups excluding carboxylic acids is 1. The van der Waals surface area contributed by atoms with Crippen LogP contribution in [-0.4, -0.2) is 48.9 Å². The van der Waals surface area contributed by atoms with Gasteiger partial charge in [-0.3, -0.25) is 9.48 Å². The van der Waals surface area contributed by atoms with Gasteiger partial charge in [0.2, 0.25) is 0 Å². The van der Waals surface area contributed by atoms with Crippen molar-refractivity contribution in [3.63, 3.8) is 0 Å². The molecule has 148 valence electrons.